The van der Waals surface area contributed by atoms with Gasteiger partial charge in [-0.3, -0.25) is 4.90 Å². The van der Waals surface area contributed by atoms with Gasteiger partial charge in [-0.1, -0.05) is 22.4 Å². The molecule has 132 valence electrons. The Morgan fingerprint density at radius 1 is 1.12 bits per heavy atom. The molecule has 0 spiro atoms. The molecule has 6 heteroatoms. The Labute approximate surface area is 166 Å². The highest BCUT2D eigenvalue weighted by Crippen LogP contribution is 2.39. The Hall–Kier alpha value is -0.490. The summed E-state index contributed by atoms with van der Waals surface area (Å²) in [7, 11) is 0. The van der Waals surface area contributed by atoms with E-state index in [1.807, 2.05) is 13.0 Å². The maximum Gasteiger partial charge on any atom is 0.142 e. The maximum atomic E-state index is 5.84. The Balaban J connectivity index is 0.00000208. The number of likely N-dealkylation sites (tertiary alicyclic amines) is 1. The maximum absolute atomic E-state index is 5.84. The Morgan fingerprint density at radius 2 is 1.88 bits per heavy atom. The van der Waals surface area contributed by atoms with E-state index < -0.39 is 0 Å². The zero-order chi connectivity index (χ0) is 16.2. The van der Waals surface area contributed by atoms with Gasteiger partial charge in [-0.05, 0) is 73.1 Å². The van der Waals surface area contributed by atoms with Crippen molar-refractivity contribution in [3.05, 3.63) is 38.9 Å². The van der Waals surface area contributed by atoms with E-state index in [0.717, 1.165) is 32.5 Å². The van der Waals surface area contributed by atoms with Crippen LogP contribution in [0.3, 0.4) is 0 Å². The van der Waals surface area contributed by atoms with Crippen LogP contribution in [0.1, 0.15) is 31.9 Å². The monoisotopic (exact) mass is 476 g/mol. The lowest BCUT2D eigenvalue weighted by Gasteiger charge is -2.25. The van der Waals surface area contributed by atoms with Crippen LogP contribution in [-0.2, 0) is 6.54 Å². The van der Waals surface area contributed by atoms with E-state index in [-0.39, 0.29) is 12.4 Å². The number of ether oxygens (including phenoxy) is 1. The summed E-state index contributed by atoms with van der Waals surface area (Å²) in [6.07, 6.45) is 4.01. The van der Waals surface area contributed by atoms with Crippen LogP contribution in [-0.4, -0.2) is 29.6 Å². The van der Waals surface area contributed by atoms with Crippen LogP contribution in [0.2, 0.25) is 0 Å². The number of hydrogen-bond donors (Lipinski definition) is 1. The molecule has 0 saturated carbocycles. The highest BCUT2D eigenvalue weighted by atomic mass is 79.9. The van der Waals surface area contributed by atoms with Crippen LogP contribution >= 0.6 is 44.3 Å². The van der Waals surface area contributed by atoms with E-state index in [4.69, 9.17) is 4.74 Å². The predicted octanol–water partition coefficient (Wildman–Crippen LogP) is 6.01. The Kier molecular flexibility index (Phi) is 7.66. The third kappa shape index (κ3) is 4.78. The van der Waals surface area contributed by atoms with Crippen LogP contribution in [0, 0.1) is 0 Å². The van der Waals surface area contributed by atoms with Crippen molar-refractivity contribution in [2.75, 3.05) is 19.7 Å². The lowest BCUT2D eigenvalue weighted by Crippen LogP contribution is -2.29. The van der Waals surface area contributed by atoms with Crippen molar-refractivity contribution >= 4 is 44.3 Å². The second-order valence-electron chi connectivity index (χ2n) is 5.93. The smallest absolute Gasteiger partial charge is 0.142 e. The van der Waals surface area contributed by atoms with Gasteiger partial charge in [0.2, 0.25) is 0 Å². The van der Waals surface area contributed by atoms with Gasteiger partial charge in [0.1, 0.15) is 5.75 Å². The molecule has 0 bridgehead atoms. The van der Waals surface area contributed by atoms with Gasteiger partial charge < -0.3 is 9.72 Å². The molecule has 0 radical (unpaired) electrons. The fourth-order valence-corrected chi connectivity index (χ4v) is 4.44. The quantitative estimate of drug-likeness (QED) is 0.570. The van der Waals surface area contributed by atoms with Crippen molar-refractivity contribution in [3.63, 3.8) is 0 Å². The molecule has 3 rings (SSSR count). The van der Waals surface area contributed by atoms with E-state index in [2.05, 4.69) is 59.9 Å². The van der Waals surface area contributed by atoms with Crippen LogP contribution in [0.25, 0.3) is 11.3 Å². The van der Waals surface area contributed by atoms with Gasteiger partial charge in [-0.2, -0.15) is 0 Å². The number of rotatable bonds is 5. The number of nitrogens with one attached hydrogen (secondary N) is 1. The minimum absolute atomic E-state index is 0. The number of aromatic amines is 1. The summed E-state index contributed by atoms with van der Waals surface area (Å²) in [5.74, 6) is 0.891. The van der Waals surface area contributed by atoms with Crippen molar-refractivity contribution in [1.29, 1.82) is 0 Å². The summed E-state index contributed by atoms with van der Waals surface area (Å²) in [6.45, 7) is 6.07. The molecule has 0 aliphatic carbocycles. The van der Waals surface area contributed by atoms with Gasteiger partial charge >= 0.3 is 0 Å². The number of hydrogen-bond acceptors (Lipinski definition) is 2. The lowest BCUT2D eigenvalue weighted by molar-refractivity contribution is 0.219. The van der Waals surface area contributed by atoms with Crippen LogP contribution in [0.5, 0.6) is 5.75 Å². The van der Waals surface area contributed by atoms with Gasteiger partial charge in [-0.25, -0.2) is 0 Å². The summed E-state index contributed by atoms with van der Waals surface area (Å²) in [6, 6.07) is 8.46. The summed E-state index contributed by atoms with van der Waals surface area (Å²) >= 11 is 7.18. The molecule has 0 atom stereocenters. The molecule has 1 fully saturated rings. The molecular formula is C18H23Br2ClN2O. The first-order chi connectivity index (χ1) is 11.2. The lowest BCUT2D eigenvalue weighted by atomic mass is 10.1. The molecule has 1 N–H and O–H groups in total. The molecule has 24 heavy (non-hydrogen) atoms. The molecule has 1 aliphatic rings. The molecule has 2 heterocycles. The summed E-state index contributed by atoms with van der Waals surface area (Å²) < 4.78 is 7.84. The minimum Gasteiger partial charge on any atom is -0.492 e. The summed E-state index contributed by atoms with van der Waals surface area (Å²) in [5.41, 5.74) is 3.45. The number of piperidine rings is 1. The number of benzene rings is 1. The van der Waals surface area contributed by atoms with Gasteiger partial charge in [0.15, 0.2) is 0 Å². The Morgan fingerprint density at radius 3 is 2.58 bits per heavy atom. The molecule has 0 amide bonds. The van der Waals surface area contributed by atoms with Crippen molar-refractivity contribution in [1.82, 2.24) is 9.88 Å². The summed E-state index contributed by atoms with van der Waals surface area (Å²) in [5, 5.41) is 0. The zero-order valence-corrected chi connectivity index (χ0v) is 17.8. The van der Waals surface area contributed by atoms with E-state index in [1.54, 1.807) is 0 Å². The van der Waals surface area contributed by atoms with E-state index in [0.29, 0.717) is 6.61 Å². The largest absolute Gasteiger partial charge is 0.492 e. The number of aromatic nitrogens is 1. The molecule has 2 aromatic rings. The SMILES string of the molecule is CCOc1c(Br)cc(Br)cc1-c1ccc(CN2CCCCC2)[nH]1.Cl. The second-order valence-corrected chi connectivity index (χ2v) is 7.70. The third-order valence-electron chi connectivity index (χ3n) is 4.18. The van der Waals surface area contributed by atoms with Gasteiger partial charge in [0, 0.05) is 28.0 Å². The first-order valence-corrected chi connectivity index (χ1v) is 9.78. The fraction of sp³-hybridized carbons (Fsp3) is 0.444. The zero-order valence-electron chi connectivity index (χ0n) is 13.8. The minimum atomic E-state index is 0. The van der Waals surface area contributed by atoms with Gasteiger partial charge in [0.25, 0.3) is 0 Å². The fourth-order valence-electron chi connectivity index (χ4n) is 3.10. The third-order valence-corrected chi connectivity index (χ3v) is 5.22. The van der Waals surface area contributed by atoms with Crippen molar-refractivity contribution < 1.29 is 4.74 Å². The average molecular weight is 479 g/mol. The van der Waals surface area contributed by atoms with E-state index in [9.17, 15) is 0 Å². The van der Waals surface area contributed by atoms with Gasteiger partial charge in [0.05, 0.1) is 11.1 Å². The summed E-state index contributed by atoms with van der Waals surface area (Å²) in [4.78, 5) is 6.09. The first kappa shape index (κ1) is 19.8. The van der Waals surface area contributed by atoms with E-state index in [1.165, 1.54) is 38.0 Å². The van der Waals surface area contributed by atoms with E-state index >= 15 is 0 Å². The standard InChI is InChI=1S/C18H22Br2N2O.ClH/c1-2-23-18-15(10-13(19)11-16(18)20)17-7-6-14(21-17)12-22-8-4-3-5-9-22;/h6-7,10-11,21H,2-5,8-9,12H2,1H3;1H. The molecule has 3 nitrogen and oxygen atoms in total. The highest BCUT2D eigenvalue weighted by Gasteiger charge is 2.15. The van der Waals surface area contributed by atoms with Crippen LogP contribution in [0.15, 0.2) is 33.2 Å². The molecular weight excluding hydrogens is 455 g/mol. The van der Waals surface area contributed by atoms with Crippen LogP contribution in [0.4, 0.5) is 0 Å². The second kappa shape index (κ2) is 9.27. The van der Waals surface area contributed by atoms with Crippen molar-refractivity contribution in [2.24, 2.45) is 0 Å². The molecule has 0 unspecified atom stereocenters. The number of nitrogens with zero attached hydrogens (tertiary/aromatic N) is 1. The van der Waals surface area contributed by atoms with Gasteiger partial charge in [-0.15, -0.1) is 12.4 Å². The highest BCUT2D eigenvalue weighted by molar-refractivity contribution is 9.11. The van der Waals surface area contributed by atoms with Crippen LogP contribution < -0.4 is 4.74 Å². The normalized spacial score (nSPS) is 15.1. The number of H-pyrrole nitrogens is 1. The Bertz CT molecular complexity index is 669. The molecule has 1 aromatic carbocycles. The predicted molar refractivity (Wildman–Crippen MR) is 109 cm³/mol. The molecule has 1 aromatic heterocycles. The van der Waals surface area contributed by atoms with Crippen molar-refractivity contribution in [2.45, 2.75) is 32.7 Å². The average Bonchev–Trinajstić information content (AvgIpc) is 2.99. The molecule has 1 aliphatic heterocycles. The van der Waals surface area contributed by atoms with Crippen molar-refractivity contribution in [3.8, 4) is 17.0 Å². The first-order valence-electron chi connectivity index (χ1n) is 8.20. The topological polar surface area (TPSA) is 28.3 Å². The number of halogens is 3. The molecule has 1 saturated heterocycles.